The topological polar surface area (TPSA) is 80.9 Å². The van der Waals surface area contributed by atoms with E-state index >= 15 is 0 Å². The summed E-state index contributed by atoms with van der Waals surface area (Å²) in [6.45, 7) is 3.81. The van der Waals surface area contributed by atoms with Gasteiger partial charge in [-0.25, -0.2) is 4.98 Å². The SMILES string of the molecule is CCc1cc(C(=O)Nc2cccnc2C)cc(N)n1. The Morgan fingerprint density at radius 1 is 1.42 bits per heavy atom. The zero-order valence-electron chi connectivity index (χ0n) is 11.0. The predicted molar refractivity (Wildman–Crippen MR) is 75.0 cm³/mol. The number of pyridine rings is 2. The van der Waals surface area contributed by atoms with E-state index in [2.05, 4.69) is 15.3 Å². The molecule has 0 aliphatic heterocycles. The molecule has 0 aliphatic rings. The van der Waals surface area contributed by atoms with Crippen LogP contribution in [0.15, 0.2) is 30.5 Å². The summed E-state index contributed by atoms with van der Waals surface area (Å²) >= 11 is 0. The Bertz CT molecular complexity index is 610. The molecule has 2 rings (SSSR count). The molecule has 0 saturated heterocycles. The maximum atomic E-state index is 12.2. The first-order chi connectivity index (χ1) is 9.10. The van der Waals surface area contributed by atoms with Crippen LogP contribution in [-0.2, 0) is 6.42 Å². The van der Waals surface area contributed by atoms with E-state index in [0.717, 1.165) is 17.8 Å². The summed E-state index contributed by atoms with van der Waals surface area (Å²) in [5.74, 6) is 0.146. The number of carbonyl (C=O) groups is 1. The number of nitrogens with one attached hydrogen (secondary N) is 1. The van der Waals surface area contributed by atoms with Gasteiger partial charge in [0, 0.05) is 17.5 Å². The van der Waals surface area contributed by atoms with Crippen molar-refractivity contribution in [2.45, 2.75) is 20.3 Å². The van der Waals surface area contributed by atoms with Crippen molar-refractivity contribution in [1.29, 1.82) is 0 Å². The first-order valence-corrected chi connectivity index (χ1v) is 6.09. The number of aryl methyl sites for hydroxylation is 2. The van der Waals surface area contributed by atoms with Gasteiger partial charge < -0.3 is 11.1 Å². The molecule has 0 aliphatic carbocycles. The molecule has 98 valence electrons. The van der Waals surface area contributed by atoms with Crippen LogP contribution in [0.5, 0.6) is 0 Å². The number of carbonyl (C=O) groups excluding carboxylic acids is 1. The molecule has 5 heteroatoms. The van der Waals surface area contributed by atoms with Gasteiger partial charge in [-0.15, -0.1) is 0 Å². The van der Waals surface area contributed by atoms with E-state index in [1.807, 2.05) is 19.9 Å². The van der Waals surface area contributed by atoms with Crippen molar-refractivity contribution < 1.29 is 4.79 Å². The summed E-state index contributed by atoms with van der Waals surface area (Å²) in [7, 11) is 0. The lowest BCUT2D eigenvalue weighted by molar-refractivity contribution is 0.102. The van der Waals surface area contributed by atoms with Crippen molar-refractivity contribution in [3.05, 3.63) is 47.4 Å². The van der Waals surface area contributed by atoms with Crippen LogP contribution >= 0.6 is 0 Å². The number of aromatic nitrogens is 2. The average Bonchev–Trinajstić information content (AvgIpc) is 2.40. The molecule has 2 aromatic rings. The molecule has 0 saturated carbocycles. The van der Waals surface area contributed by atoms with Gasteiger partial charge in [-0.2, -0.15) is 0 Å². The van der Waals surface area contributed by atoms with Gasteiger partial charge in [0.2, 0.25) is 0 Å². The Morgan fingerprint density at radius 2 is 2.21 bits per heavy atom. The monoisotopic (exact) mass is 256 g/mol. The fourth-order valence-corrected chi connectivity index (χ4v) is 1.73. The molecule has 0 aromatic carbocycles. The molecule has 0 fully saturated rings. The second-order valence-corrected chi connectivity index (χ2v) is 4.22. The maximum Gasteiger partial charge on any atom is 0.255 e. The van der Waals surface area contributed by atoms with Crippen LogP contribution in [0.4, 0.5) is 11.5 Å². The highest BCUT2D eigenvalue weighted by molar-refractivity contribution is 6.04. The average molecular weight is 256 g/mol. The second kappa shape index (κ2) is 5.48. The quantitative estimate of drug-likeness (QED) is 0.882. The van der Waals surface area contributed by atoms with Gasteiger partial charge in [0.25, 0.3) is 5.91 Å². The van der Waals surface area contributed by atoms with Gasteiger partial charge in [0.1, 0.15) is 5.82 Å². The third-order valence-electron chi connectivity index (χ3n) is 2.78. The van der Waals surface area contributed by atoms with Crippen LogP contribution in [0, 0.1) is 6.92 Å². The van der Waals surface area contributed by atoms with Crippen LogP contribution in [0.3, 0.4) is 0 Å². The zero-order valence-corrected chi connectivity index (χ0v) is 11.0. The third-order valence-corrected chi connectivity index (χ3v) is 2.78. The largest absolute Gasteiger partial charge is 0.384 e. The Hall–Kier alpha value is -2.43. The van der Waals surface area contributed by atoms with Gasteiger partial charge in [0.05, 0.1) is 11.4 Å². The first kappa shape index (κ1) is 13.0. The highest BCUT2D eigenvalue weighted by atomic mass is 16.1. The molecule has 1 amide bonds. The minimum Gasteiger partial charge on any atom is -0.384 e. The number of nitrogens with zero attached hydrogens (tertiary/aromatic N) is 2. The van der Waals surface area contributed by atoms with E-state index in [-0.39, 0.29) is 5.91 Å². The van der Waals surface area contributed by atoms with Crippen LogP contribution in [0.2, 0.25) is 0 Å². The van der Waals surface area contributed by atoms with E-state index in [1.54, 1.807) is 24.4 Å². The van der Waals surface area contributed by atoms with Gasteiger partial charge in [0.15, 0.2) is 0 Å². The van der Waals surface area contributed by atoms with Gasteiger partial charge in [-0.3, -0.25) is 9.78 Å². The number of amides is 1. The molecule has 3 N–H and O–H groups in total. The number of rotatable bonds is 3. The highest BCUT2D eigenvalue weighted by Crippen LogP contribution is 2.14. The number of anilines is 2. The maximum absolute atomic E-state index is 12.2. The van der Waals surface area contributed by atoms with Crippen LogP contribution < -0.4 is 11.1 Å². The molecule has 0 unspecified atom stereocenters. The van der Waals surface area contributed by atoms with Crippen LogP contribution in [0.25, 0.3) is 0 Å². The van der Waals surface area contributed by atoms with Crippen LogP contribution in [-0.4, -0.2) is 15.9 Å². The second-order valence-electron chi connectivity index (χ2n) is 4.22. The van der Waals surface area contributed by atoms with Crippen molar-refractivity contribution >= 4 is 17.4 Å². The minimum absolute atomic E-state index is 0.208. The fourth-order valence-electron chi connectivity index (χ4n) is 1.73. The summed E-state index contributed by atoms with van der Waals surface area (Å²) in [4.78, 5) is 20.4. The van der Waals surface area contributed by atoms with Crippen molar-refractivity contribution in [1.82, 2.24) is 9.97 Å². The fraction of sp³-hybridized carbons (Fsp3) is 0.214. The number of nitrogens with two attached hydrogens (primary N) is 1. The predicted octanol–water partition coefficient (Wildman–Crippen LogP) is 2.18. The lowest BCUT2D eigenvalue weighted by Crippen LogP contribution is -2.14. The lowest BCUT2D eigenvalue weighted by atomic mass is 10.1. The van der Waals surface area contributed by atoms with Crippen molar-refractivity contribution in [3.63, 3.8) is 0 Å². The van der Waals surface area contributed by atoms with E-state index in [4.69, 9.17) is 5.73 Å². The Labute approximate surface area is 111 Å². The van der Waals surface area contributed by atoms with E-state index in [1.165, 1.54) is 0 Å². The van der Waals surface area contributed by atoms with Gasteiger partial charge >= 0.3 is 0 Å². The summed E-state index contributed by atoms with van der Waals surface area (Å²) in [6, 6.07) is 6.91. The summed E-state index contributed by atoms with van der Waals surface area (Å²) in [5, 5.41) is 2.82. The molecule has 19 heavy (non-hydrogen) atoms. The van der Waals surface area contributed by atoms with Gasteiger partial charge in [-0.1, -0.05) is 6.92 Å². The molecular weight excluding hydrogens is 240 g/mol. The first-order valence-electron chi connectivity index (χ1n) is 6.09. The standard InChI is InChI=1S/C14H16N4O/c1-3-11-7-10(8-13(15)17-11)14(19)18-12-5-4-6-16-9(12)2/h4-8H,3H2,1-2H3,(H2,15,17)(H,18,19). The minimum atomic E-state index is -0.208. The molecule has 0 atom stereocenters. The third kappa shape index (κ3) is 3.07. The van der Waals surface area contributed by atoms with Crippen molar-refractivity contribution in [2.75, 3.05) is 11.1 Å². The molecule has 0 spiro atoms. The van der Waals surface area contributed by atoms with E-state index in [0.29, 0.717) is 17.1 Å². The summed E-state index contributed by atoms with van der Waals surface area (Å²) in [5.41, 5.74) is 8.47. The molecule has 5 nitrogen and oxygen atoms in total. The van der Waals surface area contributed by atoms with E-state index in [9.17, 15) is 4.79 Å². The zero-order chi connectivity index (χ0) is 13.8. The van der Waals surface area contributed by atoms with Crippen molar-refractivity contribution in [2.24, 2.45) is 0 Å². The number of hydrogen-bond acceptors (Lipinski definition) is 4. The number of nitrogen functional groups attached to an aromatic ring is 1. The summed E-state index contributed by atoms with van der Waals surface area (Å²) in [6.07, 6.45) is 2.42. The molecule has 0 radical (unpaired) electrons. The highest BCUT2D eigenvalue weighted by Gasteiger charge is 2.10. The molecule has 2 heterocycles. The lowest BCUT2D eigenvalue weighted by Gasteiger charge is -2.08. The van der Waals surface area contributed by atoms with E-state index < -0.39 is 0 Å². The Balaban J connectivity index is 2.25. The summed E-state index contributed by atoms with van der Waals surface area (Å²) < 4.78 is 0. The Kier molecular flexibility index (Phi) is 3.75. The molecular formula is C14H16N4O. The van der Waals surface area contributed by atoms with Crippen molar-refractivity contribution in [3.8, 4) is 0 Å². The van der Waals surface area contributed by atoms with Crippen LogP contribution in [0.1, 0.15) is 28.7 Å². The number of hydrogen-bond donors (Lipinski definition) is 2. The molecule has 2 aromatic heterocycles. The van der Waals surface area contributed by atoms with Gasteiger partial charge in [-0.05, 0) is 37.6 Å². The molecule has 0 bridgehead atoms. The smallest absolute Gasteiger partial charge is 0.255 e. The Morgan fingerprint density at radius 3 is 2.89 bits per heavy atom. The normalized spacial score (nSPS) is 10.2.